The number of rotatable bonds is 3. The van der Waals surface area contributed by atoms with Crippen LogP contribution in [0.1, 0.15) is 55.6 Å². The van der Waals surface area contributed by atoms with E-state index in [4.69, 9.17) is 5.73 Å². The highest BCUT2D eigenvalue weighted by molar-refractivity contribution is 5.28. The maximum Gasteiger partial charge on any atom is 0.0239 e. The molecule has 4 rings (SSSR count). The molecule has 2 aliphatic heterocycles. The third-order valence-electron chi connectivity index (χ3n) is 5.31. The Kier molecular flexibility index (Phi) is 2.89. The van der Waals surface area contributed by atoms with Crippen LogP contribution in [0.15, 0.2) is 24.3 Å². The fourth-order valence-electron chi connectivity index (χ4n) is 4.10. The molecule has 2 saturated heterocycles. The second-order valence-corrected chi connectivity index (χ2v) is 6.80. The summed E-state index contributed by atoms with van der Waals surface area (Å²) in [5.74, 6) is 0.873. The Morgan fingerprint density at radius 2 is 1.58 bits per heavy atom. The van der Waals surface area contributed by atoms with Gasteiger partial charge in [-0.15, -0.1) is 0 Å². The van der Waals surface area contributed by atoms with Gasteiger partial charge in [0.2, 0.25) is 0 Å². The average Bonchev–Trinajstić information content (AvgIpc) is 3.20. The first-order valence-corrected chi connectivity index (χ1v) is 7.90. The molecular weight excluding hydrogens is 232 g/mol. The Balaban J connectivity index is 1.46. The van der Waals surface area contributed by atoms with Crippen LogP contribution in [-0.2, 0) is 6.54 Å². The van der Waals surface area contributed by atoms with Crippen molar-refractivity contribution in [1.82, 2.24) is 4.90 Å². The highest BCUT2D eigenvalue weighted by Crippen LogP contribution is 2.40. The van der Waals surface area contributed by atoms with E-state index in [-0.39, 0.29) is 0 Å². The van der Waals surface area contributed by atoms with Crippen LogP contribution in [0.5, 0.6) is 0 Å². The lowest BCUT2D eigenvalue weighted by Gasteiger charge is -2.37. The van der Waals surface area contributed by atoms with Gasteiger partial charge in [0.05, 0.1) is 0 Å². The van der Waals surface area contributed by atoms with E-state index in [1.54, 1.807) is 5.56 Å². The Morgan fingerprint density at radius 3 is 2.16 bits per heavy atom. The van der Waals surface area contributed by atoms with Crippen molar-refractivity contribution >= 4 is 0 Å². The second kappa shape index (κ2) is 4.60. The molecule has 2 N–H and O–H groups in total. The molecule has 2 atom stereocenters. The third-order valence-corrected chi connectivity index (χ3v) is 5.31. The molecule has 1 aliphatic carbocycles. The number of fused-ring (bicyclic) bond motifs is 2. The molecule has 19 heavy (non-hydrogen) atoms. The van der Waals surface area contributed by atoms with Gasteiger partial charge in [-0.3, -0.25) is 4.90 Å². The zero-order valence-electron chi connectivity index (χ0n) is 11.6. The highest BCUT2D eigenvalue weighted by Gasteiger charge is 2.39. The number of hydrogen-bond acceptors (Lipinski definition) is 2. The lowest BCUT2D eigenvalue weighted by Crippen LogP contribution is -2.46. The van der Waals surface area contributed by atoms with Gasteiger partial charge in [0.25, 0.3) is 0 Å². The molecule has 2 heteroatoms. The van der Waals surface area contributed by atoms with Crippen molar-refractivity contribution in [3.8, 4) is 0 Å². The number of nitrogens with two attached hydrogens (primary N) is 1. The van der Waals surface area contributed by atoms with Gasteiger partial charge in [-0.1, -0.05) is 24.3 Å². The third kappa shape index (κ3) is 2.32. The van der Waals surface area contributed by atoms with E-state index < -0.39 is 0 Å². The van der Waals surface area contributed by atoms with Gasteiger partial charge >= 0.3 is 0 Å². The van der Waals surface area contributed by atoms with E-state index in [0.29, 0.717) is 6.04 Å². The first-order chi connectivity index (χ1) is 9.29. The molecule has 0 aromatic heterocycles. The number of benzene rings is 1. The maximum absolute atomic E-state index is 6.14. The van der Waals surface area contributed by atoms with Gasteiger partial charge in [0.15, 0.2) is 0 Å². The Bertz CT molecular complexity index is 435. The van der Waals surface area contributed by atoms with Crippen molar-refractivity contribution in [2.24, 2.45) is 5.73 Å². The van der Waals surface area contributed by atoms with Crippen LogP contribution in [0.2, 0.25) is 0 Å². The summed E-state index contributed by atoms with van der Waals surface area (Å²) >= 11 is 0. The summed E-state index contributed by atoms with van der Waals surface area (Å²) in [4.78, 5) is 2.72. The fraction of sp³-hybridized carbons (Fsp3) is 0.647. The number of hydrogen-bond donors (Lipinski definition) is 1. The summed E-state index contributed by atoms with van der Waals surface area (Å²) in [7, 11) is 0. The molecule has 0 radical (unpaired) electrons. The van der Waals surface area contributed by atoms with Crippen LogP contribution < -0.4 is 5.73 Å². The summed E-state index contributed by atoms with van der Waals surface area (Å²) in [5, 5.41) is 0. The molecule has 2 unspecified atom stereocenters. The highest BCUT2D eigenvalue weighted by atomic mass is 15.2. The first kappa shape index (κ1) is 11.9. The van der Waals surface area contributed by atoms with Crippen LogP contribution in [0, 0.1) is 0 Å². The van der Waals surface area contributed by atoms with Crippen molar-refractivity contribution < 1.29 is 0 Å². The minimum absolute atomic E-state index is 0.450. The maximum atomic E-state index is 6.14. The van der Waals surface area contributed by atoms with Gasteiger partial charge in [0, 0.05) is 24.7 Å². The van der Waals surface area contributed by atoms with E-state index in [1.807, 2.05) is 0 Å². The molecule has 3 fully saturated rings. The summed E-state index contributed by atoms with van der Waals surface area (Å²) in [5.41, 5.74) is 9.18. The van der Waals surface area contributed by atoms with E-state index in [0.717, 1.165) is 24.5 Å². The van der Waals surface area contributed by atoms with Crippen molar-refractivity contribution in [2.45, 2.75) is 69.1 Å². The number of piperidine rings is 1. The van der Waals surface area contributed by atoms with Gasteiger partial charge in [-0.2, -0.15) is 0 Å². The summed E-state index contributed by atoms with van der Waals surface area (Å²) < 4.78 is 0. The van der Waals surface area contributed by atoms with E-state index in [9.17, 15) is 0 Å². The van der Waals surface area contributed by atoms with Gasteiger partial charge in [-0.25, -0.2) is 0 Å². The molecule has 0 amide bonds. The van der Waals surface area contributed by atoms with Crippen LogP contribution >= 0.6 is 0 Å². The van der Waals surface area contributed by atoms with Gasteiger partial charge < -0.3 is 5.73 Å². The summed E-state index contributed by atoms with van der Waals surface area (Å²) in [6.45, 7) is 1.13. The summed E-state index contributed by atoms with van der Waals surface area (Å²) in [6.07, 6.45) is 7.92. The van der Waals surface area contributed by atoms with E-state index >= 15 is 0 Å². The molecule has 2 heterocycles. The van der Waals surface area contributed by atoms with Crippen LogP contribution in [-0.4, -0.2) is 23.0 Å². The minimum atomic E-state index is 0.450. The Hall–Kier alpha value is -0.860. The molecule has 2 bridgehead atoms. The van der Waals surface area contributed by atoms with Crippen molar-refractivity contribution in [3.63, 3.8) is 0 Å². The average molecular weight is 256 g/mol. The molecule has 1 aromatic carbocycles. The smallest absolute Gasteiger partial charge is 0.0239 e. The molecular formula is C17H24N2. The molecule has 1 aromatic rings. The molecule has 2 nitrogen and oxygen atoms in total. The topological polar surface area (TPSA) is 29.3 Å². The predicted molar refractivity (Wildman–Crippen MR) is 78.0 cm³/mol. The normalized spacial score (nSPS) is 34.7. The standard InChI is InChI=1S/C17H24N2/c18-15-9-16-7-8-17(10-15)19(16)11-12-1-3-13(4-2-12)14-5-6-14/h1-4,14-17H,5-11,18H2. The quantitative estimate of drug-likeness (QED) is 0.900. The monoisotopic (exact) mass is 256 g/mol. The molecule has 102 valence electrons. The zero-order chi connectivity index (χ0) is 12.8. The molecule has 1 saturated carbocycles. The lowest BCUT2D eigenvalue weighted by atomic mass is 9.97. The van der Waals surface area contributed by atoms with Crippen LogP contribution in [0.3, 0.4) is 0 Å². The minimum Gasteiger partial charge on any atom is -0.328 e. The second-order valence-electron chi connectivity index (χ2n) is 6.80. The Labute approximate surface area is 116 Å². The van der Waals surface area contributed by atoms with Gasteiger partial charge in [-0.05, 0) is 55.6 Å². The molecule has 3 aliphatic rings. The van der Waals surface area contributed by atoms with E-state index in [1.165, 1.54) is 44.1 Å². The first-order valence-electron chi connectivity index (χ1n) is 7.90. The van der Waals surface area contributed by atoms with E-state index in [2.05, 4.69) is 29.2 Å². The van der Waals surface area contributed by atoms with Crippen LogP contribution in [0.25, 0.3) is 0 Å². The lowest BCUT2D eigenvalue weighted by molar-refractivity contribution is 0.120. The zero-order valence-corrected chi connectivity index (χ0v) is 11.6. The van der Waals surface area contributed by atoms with Crippen LogP contribution in [0.4, 0.5) is 0 Å². The van der Waals surface area contributed by atoms with Crippen molar-refractivity contribution in [1.29, 1.82) is 0 Å². The predicted octanol–water partition coefficient (Wildman–Crippen LogP) is 3.02. The number of nitrogens with zero attached hydrogens (tertiary/aromatic N) is 1. The Morgan fingerprint density at radius 1 is 0.947 bits per heavy atom. The van der Waals surface area contributed by atoms with Crippen molar-refractivity contribution in [2.75, 3.05) is 0 Å². The summed E-state index contributed by atoms with van der Waals surface area (Å²) in [6, 6.07) is 11.3. The van der Waals surface area contributed by atoms with Crippen molar-refractivity contribution in [3.05, 3.63) is 35.4 Å². The molecule has 0 spiro atoms. The fourth-order valence-corrected chi connectivity index (χ4v) is 4.10. The van der Waals surface area contributed by atoms with Gasteiger partial charge in [0.1, 0.15) is 0 Å². The largest absolute Gasteiger partial charge is 0.328 e. The SMILES string of the molecule is NC1CC2CCC(C1)N2Cc1ccc(C2CC2)cc1.